The summed E-state index contributed by atoms with van der Waals surface area (Å²) in [5.74, 6) is -1.74. The van der Waals surface area contributed by atoms with Gasteiger partial charge in [-0.05, 0) is 77.1 Å². The molecule has 0 aliphatic carbocycles. The van der Waals surface area contributed by atoms with E-state index in [9.17, 15) is 27.9 Å². The van der Waals surface area contributed by atoms with E-state index in [1.54, 1.807) is 6.92 Å². The van der Waals surface area contributed by atoms with Crippen molar-refractivity contribution in [2.45, 2.75) is 65.0 Å². The van der Waals surface area contributed by atoms with Crippen LogP contribution in [0.2, 0.25) is 0 Å². The normalized spacial score (nSPS) is 12.1. The van der Waals surface area contributed by atoms with E-state index in [0.717, 1.165) is 50.9 Å². The van der Waals surface area contributed by atoms with Crippen molar-refractivity contribution in [1.82, 2.24) is 0 Å². The first-order chi connectivity index (χ1) is 21.9. The molecule has 0 saturated carbocycles. The van der Waals surface area contributed by atoms with Crippen LogP contribution >= 0.6 is 0 Å². The molecule has 1 atom stereocenters. The SMILES string of the molecule is C=C(CO)C(=O)OCCc1cc(-c2ccc(-c3ccc(CCCCC(F)(F)F)cc3)c(CC)c2)ccc1CCOC(=O)C(C)CO. The van der Waals surface area contributed by atoms with E-state index in [0.29, 0.717) is 25.7 Å². The maximum absolute atomic E-state index is 12.4. The van der Waals surface area contributed by atoms with E-state index in [1.807, 2.05) is 48.5 Å². The Morgan fingerprint density at radius 1 is 0.804 bits per heavy atom. The maximum Gasteiger partial charge on any atom is 0.389 e. The second kappa shape index (κ2) is 17.7. The largest absolute Gasteiger partial charge is 0.465 e. The summed E-state index contributed by atoms with van der Waals surface area (Å²) in [4.78, 5) is 24.0. The van der Waals surface area contributed by atoms with Crippen LogP contribution < -0.4 is 0 Å². The standard InChI is InChI=1S/C37H43F3O6/c1-4-28-21-32(14-15-34(28)30-10-8-27(9-11-30)7-5-6-18-37(38,39)40)31-13-12-29(16-19-45-35(43)25(2)23-41)33(22-31)17-20-46-36(44)26(3)24-42/h8-15,21-22,25,41-42H,3-7,16-20,23-24H2,1-2H3. The van der Waals surface area contributed by atoms with E-state index < -0.39 is 37.1 Å². The minimum Gasteiger partial charge on any atom is -0.465 e. The molecule has 3 rings (SSSR count). The number of esters is 2. The first kappa shape index (κ1) is 36.5. The van der Waals surface area contributed by atoms with Gasteiger partial charge in [0.15, 0.2) is 0 Å². The van der Waals surface area contributed by atoms with E-state index in [-0.39, 0.29) is 31.8 Å². The second-order valence-electron chi connectivity index (χ2n) is 11.4. The first-order valence-electron chi connectivity index (χ1n) is 15.6. The van der Waals surface area contributed by atoms with Gasteiger partial charge in [0.25, 0.3) is 0 Å². The summed E-state index contributed by atoms with van der Waals surface area (Å²) in [6.07, 6.45) is -2.03. The topological polar surface area (TPSA) is 93.1 Å². The molecular weight excluding hydrogens is 597 g/mol. The molecular formula is C37H43F3O6. The zero-order chi connectivity index (χ0) is 33.7. The number of carbonyl (C=O) groups excluding carboxylic acids is 2. The quantitative estimate of drug-likeness (QED) is 0.0921. The first-order valence-corrected chi connectivity index (χ1v) is 15.6. The minimum absolute atomic E-state index is 0.0263. The molecule has 1 unspecified atom stereocenters. The monoisotopic (exact) mass is 640 g/mol. The lowest BCUT2D eigenvalue weighted by Crippen LogP contribution is -2.19. The highest BCUT2D eigenvalue weighted by Crippen LogP contribution is 2.31. The van der Waals surface area contributed by atoms with E-state index in [4.69, 9.17) is 14.6 Å². The zero-order valence-corrected chi connectivity index (χ0v) is 26.5. The molecule has 6 nitrogen and oxygen atoms in total. The molecule has 0 heterocycles. The molecule has 0 bridgehead atoms. The summed E-state index contributed by atoms with van der Waals surface area (Å²) in [6, 6.07) is 20.2. The van der Waals surface area contributed by atoms with Crippen LogP contribution in [0.1, 0.15) is 55.4 Å². The number of aliphatic hydroxyl groups is 2. The van der Waals surface area contributed by atoms with Gasteiger partial charge in [-0.1, -0.05) is 74.2 Å². The van der Waals surface area contributed by atoms with Crippen LogP contribution in [-0.2, 0) is 44.7 Å². The number of alkyl halides is 3. The molecule has 3 aromatic rings. The van der Waals surface area contributed by atoms with Gasteiger partial charge in [0.05, 0.1) is 37.9 Å². The number of halogens is 3. The number of benzene rings is 3. The van der Waals surface area contributed by atoms with Gasteiger partial charge in [-0.3, -0.25) is 4.79 Å². The molecule has 46 heavy (non-hydrogen) atoms. The third-order valence-electron chi connectivity index (χ3n) is 7.84. The summed E-state index contributed by atoms with van der Waals surface area (Å²) >= 11 is 0. The number of carbonyl (C=O) groups is 2. The minimum atomic E-state index is -4.11. The van der Waals surface area contributed by atoms with Crippen LogP contribution in [0.5, 0.6) is 0 Å². The zero-order valence-electron chi connectivity index (χ0n) is 26.5. The number of ether oxygens (including phenoxy) is 2. The lowest BCUT2D eigenvalue weighted by Gasteiger charge is -2.16. The van der Waals surface area contributed by atoms with Crippen molar-refractivity contribution in [2.24, 2.45) is 5.92 Å². The van der Waals surface area contributed by atoms with Gasteiger partial charge in [-0.25, -0.2) is 4.79 Å². The number of hydrogen-bond acceptors (Lipinski definition) is 6. The molecule has 2 N–H and O–H groups in total. The van der Waals surface area contributed by atoms with E-state index >= 15 is 0 Å². The molecule has 0 saturated heterocycles. The van der Waals surface area contributed by atoms with Crippen LogP contribution in [0.3, 0.4) is 0 Å². The Labute approximate surface area is 268 Å². The summed E-state index contributed by atoms with van der Waals surface area (Å²) in [5.41, 5.74) is 8.06. The van der Waals surface area contributed by atoms with Crippen LogP contribution in [0.4, 0.5) is 13.2 Å². The highest BCUT2D eigenvalue weighted by Gasteiger charge is 2.25. The summed E-state index contributed by atoms with van der Waals surface area (Å²) in [7, 11) is 0. The smallest absolute Gasteiger partial charge is 0.389 e. The summed E-state index contributed by atoms with van der Waals surface area (Å²) in [6.45, 7) is 6.61. The van der Waals surface area contributed by atoms with Gasteiger partial charge >= 0.3 is 18.1 Å². The van der Waals surface area contributed by atoms with Crippen molar-refractivity contribution in [3.63, 3.8) is 0 Å². The lowest BCUT2D eigenvalue weighted by atomic mass is 9.91. The number of aliphatic hydroxyl groups excluding tert-OH is 2. The van der Waals surface area contributed by atoms with E-state index in [1.165, 1.54) is 0 Å². The number of hydrogen-bond donors (Lipinski definition) is 2. The Kier molecular flexibility index (Phi) is 14.0. The Morgan fingerprint density at radius 3 is 2.04 bits per heavy atom. The number of aryl methyl sites for hydroxylation is 2. The maximum atomic E-state index is 12.4. The average Bonchev–Trinajstić information content (AvgIpc) is 3.05. The fraction of sp³-hybridized carbons (Fsp3) is 0.405. The fourth-order valence-electron chi connectivity index (χ4n) is 5.03. The van der Waals surface area contributed by atoms with E-state index in [2.05, 4.69) is 25.6 Å². The van der Waals surface area contributed by atoms with Crippen LogP contribution in [0.15, 0.2) is 72.8 Å². The molecule has 0 aromatic heterocycles. The number of unbranched alkanes of at least 4 members (excludes halogenated alkanes) is 1. The van der Waals surface area contributed by atoms with Crippen LogP contribution in [-0.4, -0.2) is 54.8 Å². The van der Waals surface area contributed by atoms with Gasteiger partial charge in [-0.15, -0.1) is 0 Å². The highest BCUT2D eigenvalue weighted by molar-refractivity contribution is 5.87. The van der Waals surface area contributed by atoms with Gasteiger partial charge in [0.2, 0.25) is 0 Å². The van der Waals surface area contributed by atoms with Gasteiger partial charge in [0.1, 0.15) is 0 Å². The predicted octanol–water partition coefficient (Wildman–Crippen LogP) is 7.21. The van der Waals surface area contributed by atoms with Gasteiger partial charge < -0.3 is 19.7 Å². The molecule has 0 radical (unpaired) electrons. The van der Waals surface area contributed by atoms with Crippen molar-refractivity contribution in [1.29, 1.82) is 0 Å². The van der Waals surface area contributed by atoms with Crippen molar-refractivity contribution in [2.75, 3.05) is 26.4 Å². The Hall–Kier alpha value is -3.95. The Bertz CT molecular complexity index is 1460. The molecule has 0 fully saturated rings. The van der Waals surface area contributed by atoms with Crippen molar-refractivity contribution < 1.29 is 42.4 Å². The van der Waals surface area contributed by atoms with Crippen LogP contribution in [0.25, 0.3) is 22.3 Å². The van der Waals surface area contributed by atoms with Gasteiger partial charge in [-0.2, -0.15) is 13.2 Å². The van der Waals surface area contributed by atoms with Crippen molar-refractivity contribution in [3.8, 4) is 22.3 Å². The Balaban J connectivity index is 1.79. The molecule has 0 spiro atoms. The van der Waals surface area contributed by atoms with Gasteiger partial charge in [0, 0.05) is 19.3 Å². The highest BCUT2D eigenvalue weighted by atomic mass is 19.4. The third-order valence-corrected chi connectivity index (χ3v) is 7.84. The van der Waals surface area contributed by atoms with Crippen LogP contribution in [0, 0.1) is 5.92 Å². The van der Waals surface area contributed by atoms with Crippen molar-refractivity contribution in [3.05, 3.63) is 95.1 Å². The summed E-state index contributed by atoms with van der Waals surface area (Å²) < 4.78 is 47.9. The van der Waals surface area contributed by atoms with Crippen molar-refractivity contribution >= 4 is 11.9 Å². The number of rotatable bonds is 17. The second-order valence-corrected chi connectivity index (χ2v) is 11.4. The molecule has 248 valence electrons. The lowest BCUT2D eigenvalue weighted by molar-refractivity contribution is -0.149. The molecule has 0 amide bonds. The molecule has 0 aliphatic heterocycles. The molecule has 9 heteroatoms. The Morgan fingerprint density at radius 2 is 1.41 bits per heavy atom. The molecule has 3 aromatic carbocycles. The third kappa shape index (κ3) is 11.1. The predicted molar refractivity (Wildman–Crippen MR) is 172 cm³/mol. The average molecular weight is 641 g/mol. The summed E-state index contributed by atoms with van der Waals surface area (Å²) in [5, 5.41) is 18.3. The fourth-order valence-corrected chi connectivity index (χ4v) is 5.03. The molecule has 0 aliphatic rings.